The van der Waals surface area contributed by atoms with Gasteiger partial charge < -0.3 is 35.5 Å². The number of aromatic nitrogens is 3. The Morgan fingerprint density at radius 2 is 1.62 bits per heavy atom. The maximum absolute atomic E-state index is 12.9. The Morgan fingerprint density at radius 3 is 2.34 bits per heavy atom. The maximum atomic E-state index is 12.9. The van der Waals surface area contributed by atoms with Crippen LogP contribution in [0.15, 0.2) is 54.7 Å². The molecule has 0 saturated carbocycles. The molecule has 1 amide bonds. The Kier molecular flexibility index (Phi) is 18.1. The molecule has 4 aromatic rings. The van der Waals surface area contributed by atoms with E-state index in [1.54, 1.807) is 12.3 Å². The monoisotopic (exact) mass is 806 g/mol. The fourth-order valence-corrected chi connectivity index (χ4v) is 7.47. The molecule has 1 saturated heterocycles. The van der Waals surface area contributed by atoms with Crippen molar-refractivity contribution in [2.75, 3.05) is 81.3 Å². The number of halogens is 1. The van der Waals surface area contributed by atoms with Crippen molar-refractivity contribution in [3.63, 3.8) is 0 Å². The normalized spacial score (nSPS) is 13.8. The molecule has 2 aromatic carbocycles. The van der Waals surface area contributed by atoms with Gasteiger partial charge in [-0.25, -0.2) is 15.0 Å². The molecule has 14 heteroatoms. The highest BCUT2D eigenvalue weighted by Gasteiger charge is 2.20. The molecule has 12 nitrogen and oxygen atoms in total. The van der Waals surface area contributed by atoms with Gasteiger partial charge in [-0.3, -0.25) is 9.69 Å². The van der Waals surface area contributed by atoms with Crippen LogP contribution in [0.3, 0.4) is 0 Å². The molecule has 1 aliphatic rings. The summed E-state index contributed by atoms with van der Waals surface area (Å²) in [6.45, 7) is 14.5. The van der Waals surface area contributed by atoms with Crippen LogP contribution in [-0.4, -0.2) is 91.5 Å². The van der Waals surface area contributed by atoms with Crippen LogP contribution in [0.5, 0.6) is 5.75 Å². The van der Waals surface area contributed by atoms with Crippen molar-refractivity contribution in [1.82, 2.24) is 19.9 Å². The third-order valence-electron chi connectivity index (χ3n) is 9.65. The van der Waals surface area contributed by atoms with Crippen LogP contribution in [0, 0.1) is 13.8 Å². The smallest absolute Gasteiger partial charge is 0.267 e. The van der Waals surface area contributed by atoms with Crippen LogP contribution in [-0.2, 0) is 9.47 Å². The van der Waals surface area contributed by atoms with Gasteiger partial charge in [0.25, 0.3) is 5.91 Å². The van der Waals surface area contributed by atoms with Crippen LogP contribution in [0.4, 0.5) is 22.5 Å². The second kappa shape index (κ2) is 23.4. The topological polar surface area (TPSA) is 140 Å². The molecule has 0 spiro atoms. The average molecular weight is 808 g/mol. The SMILES string of the molecule is CCCC(N)c1ccc(OCCCOCCCCCCOCCCN2CCN(c3cc(Nc4ncc(C(=O)Nc5c(C)cccc5Cl)s4)nc(C)n3)CC2)cc1. The molecule has 4 N–H and O–H groups in total. The van der Waals surface area contributed by atoms with Crippen molar-refractivity contribution in [3.8, 4) is 5.75 Å². The number of rotatable bonds is 24. The molecule has 0 aliphatic carbocycles. The number of unbranched alkanes of at least 4 members (excludes halogenated alkanes) is 3. The number of aryl methyl sites for hydroxylation is 2. The van der Waals surface area contributed by atoms with Crippen LogP contribution >= 0.6 is 22.9 Å². The Labute approximate surface area is 341 Å². The van der Waals surface area contributed by atoms with Gasteiger partial charge in [-0.15, -0.1) is 0 Å². The lowest BCUT2D eigenvalue weighted by atomic mass is 10.0. The van der Waals surface area contributed by atoms with E-state index < -0.39 is 0 Å². The zero-order chi connectivity index (χ0) is 39.5. The van der Waals surface area contributed by atoms with Crippen molar-refractivity contribution in [1.29, 1.82) is 0 Å². The standard InChI is InChI=1S/C42H59ClN8O4S/c1-4-12-36(44)33-15-17-34(18-16-33)55-28-11-27-54-25-8-6-5-7-24-53-26-10-19-50-20-22-51(23-21-50)39-29-38(46-32(3)47-39)48-42-45-30-37(56-42)41(52)49-40-31(2)13-9-14-35(40)43/h9,13-18,29-30,36H,4-8,10-12,19-28,44H2,1-3H3,(H,49,52)(H,45,46,47,48). The zero-order valence-electron chi connectivity index (χ0n) is 33.2. The van der Waals surface area contributed by atoms with Crippen LogP contribution in [0.25, 0.3) is 0 Å². The third-order valence-corrected chi connectivity index (χ3v) is 10.9. The molecular weight excluding hydrogens is 748 g/mol. The summed E-state index contributed by atoms with van der Waals surface area (Å²) >= 11 is 7.55. The predicted octanol–water partition coefficient (Wildman–Crippen LogP) is 8.57. The second-order valence-electron chi connectivity index (χ2n) is 14.2. The summed E-state index contributed by atoms with van der Waals surface area (Å²) in [5, 5.41) is 7.24. The molecule has 3 heterocycles. The van der Waals surface area contributed by atoms with Gasteiger partial charge in [0.05, 0.1) is 23.5 Å². The number of hydrogen-bond acceptors (Lipinski definition) is 12. The number of nitrogens with one attached hydrogen (secondary N) is 2. The van der Waals surface area contributed by atoms with Crippen molar-refractivity contribution >= 4 is 51.3 Å². The van der Waals surface area contributed by atoms with E-state index in [4.69, 9.17) is 36.5 Å². The van der Waals surface area contributed by atoms with E-state index in [0.717, 1.165) is 127 Å². The van der Waals surface area contributed by atoms with Crippen molar-refractivity contribution < 1.29 is 19.0 Å². The summed E-state index contributed by atoms with van der Waals surface area (Å²) in [4.78, 5) is 31.8. The minimum atomic E-state index is -0.260. The van der Waals surface area contributed by atoms with Crippen LogP contribution in [0.2, 0.25) is 5.02 Å². The molecule has 56 heavy (non-hydrogen) atoms. The van der Waals surface area contributed by atoms with Gasteiger partial charge in [-0.2, -0.15) is 0 Å². The highest BCUT2D eigenvalue weighted by Crippen LogP contribution is 2.29. The van der Waals surface area contributed by atoms with Gasteiger partial charge in [0.1, 0.15) is 28.1 Å². The lowest BCUT2D eigenvalue weighted by molar-refractivity contribution is 0.103. The first-order chi connectivity index (χ1) is 27.3. The molecule has 304 valence electrons. The lowest BCUT2D eigenvalue weighted by Gasteiger charge is -2.35. The van der Waals surface area contributed by atoms with Crippen molar-refractivity contribution in [2.24, 2.45) is 5.73 Å². The molecule has 0 bridgehead atoms. The lowest BCUT2D eigenvalue weighted by Crippen LogP contribution is -2.47. The zero-order valence-corrected chi connectivity index (χ0v) is 34.8. The fraction of sp³-hybridized carbons (Fsp3) is 0.524. The molecular formula is C42H59ClN8O4S. The van der Waals surface area contributed by atoms with Gasteiger partial charge in [0, 0.05) is 77.7 Å². The van der Waals surface area contributed by atoms with E-state index in [1.807, 2.05) is 44.2 Å². The minimum Gasteiger partial charge on any atom is -0.494 e. The first kappa shape index (κ1) is 43.3. The molecule has 2 aromatic heterocycles. The average Bonchev–Trinajstić information content (AvgIpc) is 3.66. The Balaban J connectivity index is 0.869. The molecule has 1 unspecified atom stereocenters. The number of nitrogens with zero attached hydrogens (tertiary/aromatic N) is 5. The number of ether oxygens (including phenoxy) is 3. The Bertz CT molecular complexity index is 1750. The number of anilines is 4. The first-order valence-electron chi connectivity index (χ1n) is 20.0. The first-order valence-corrected chi connectivity index (χ1v) is 21.2. The number of carbonyl (C=O) groups is 1. The maximum Gasteiger partial charge on any atom is 0.267 e. The number of hydrogen-bond donors (Lipinski definition) is 3. The molecule has 1 atom stereocenters. The van der Waals surface area contributed by atoms with Gasteiger partial charge in [0.2, 0.25) is 0 Å². The summed E-state index contributed by atoms with van der Waals surface area (Å²) < 4.78 is 17.6. The van der Waals surface area contributed by atoms with E-state index in [0.29, 0.717) is 39.0 Å². The van der Waals surface area contributed by atoms with Gasteiger partial charge in [0.15, 0.2) is 5.13 Å². The van der Waals surface area contributed by atoms with E-state index in [9.17, 15) is 4.79 Å². The van der Waals surface area contributed by atoms with E-state index in [1.165, 1.54) is 17.8 Å². The number of benzene rings is 2. The highest BCUT2D eigenvalue weighted by atomic mass is 35.5. The molecule has 1 aliphatic heterocycles. The largest absolute Gasteiger partial charge is 0.494 e. The van der Waals surface area contributed by atoms with Crippen LogP contribution in [0.1, 0.15) is 91.0 Å². The number of para-hydroxylation sites is 1. The van der Waals surface area contributed by atoms with Crippen molar-refractivity contribution in [2.45, 2.75) is 78.2 Å². The van der Waals surface area contributed by atoms with E-state index >= 15 is 0 Å². The highest BCUT2D eigenvalue weighted by molar-refractivity contribution is 7.17. The summed E-state index contributed by atoms with van der Waals surface area (Å²) in [7, 11) is 0. The Hall–Kier alpha value is -3.85. The van der Waals surface area contributed by atoms with E-state index in [-0.39, 0.29) is 11.9 Å². The molecule has 0 radical (unpaired) electrons. The van der Waals surface area contributed by atoms with Crippen LogP contribution < -0.4 is 26.0 Å². The van der Waals surface area contributed by atoms with Gasteiger partial charge in [-0.05, 0) is 68.9 Å². The van der Waals surface area contributed by atoms with Gasteiger partial charge in [-0.1, -0.05) is 73.4 Å². The number of piperazine rings is 1. The fourth-order valence-electron chi connectivity index (χ4n) is 6.49. The molecule has 5 rings (SSSR count). The predicted molar refractivity (Wildman–Crippen MR) is 228 cm³/mol. The quantitative estimate of drug-likeness (QED) is 0.0587. The summed E-state index contributed by atoms with van der Waals surface area (Å²) in [5.41, 5.74) is 8.85. The number of carbonyl (C=O) groups excluding carboxylic acids is 1. The number of thiazole rings is 1. The Morgan fingerprint density at radius 1 is 0.911 bits per heavy atom. The number of nitrogens with two attached hydrogens (primary N) is 1. The van der Waals surface area contributed by atoms with Crippen molar-refractivity contribution in [3.05, 3.63) is 81.6 Å². The minimum absolute atomic E-state index is 0.103. The summed E-state index contributed by atoms with van der Waals surface area (Å²) in [5.74, 6) is 2.83. The summed E-state index contributed by atoms with van der Waals surface area (Å²) in [6, 6.07) is 15.7. The summed E-state index contributed by atoms with van der Waals surface area (Å²) in [6.07, 6.45) is 10.0. The molecule has 1 fully saturated rings. The number of amides is 1. The van der Waals surface area contributed by atoms with E-state index in [2.05, 4.69) is 49.5 Å². The van der Waals surface area contributed by atoms with Gasteiger partial charge >= 0.3 is 0 Å². The third kappa shape index (κ3) is 14.3. The second-order valence-corrected chi connectivity index (χ2v) is 15.6.